The fraction of sp³-hybridized carbons (Fsp3) is 0.714. The first-order valence-electron chi connectivity index (χ1n) is 7.73. The van der Waals surface area contributed by atoms with Gasteiger partial charge in [-0.1, -0.05) is 0 Å². The minimum Gasteiger partial charge on any atom is -0.379 e. The third-order valence-corrected chi connectivity index (χ3v) is 5.97. The van der Waals surface area contributed by atoms with E-state index >= 15 is 0 Å². The summed E-state index contributed by atoms with van der Waals surface area (Å²) in [5, 5.41) is 0. The SMILES string of the molecule is Cc1cc([C@H]2CN(S(=O)(=O)N3CCOCC3)CCO2)nc(C)n1. The van der Waals surface area contributed by atoms with Gasteiger partial charge >= 0.3 is 0 Å². The summed E-state index contributed by atoms with van der Waals surface area (Å²) in [7, 11) is -3.48. The molecule has 9 heteroatoms. The molecule has 0 N–H and O–H groups in total. The molecule has 0 saturated carbocycles. The Hall–Kier alpha value is -1.13. The maximum absolute atomic E-state index is 12.8. The Morgan fingerprint density at radius 3 is 2.48 bits per heavy atom. The molecular weight excluding hydrogens is 320 g/mol. The summed E-state index contributed by atoms with van der Waals surface area (Å²) < 4.78 is 39.5. The van der Waals surface area contributed by atoms with Crippen molar-refractivity contribution >= 4 is 10.2 Å². The van der Waals surface area contributed by atoms with Crippen LogP contribution < -0.4 is 0 Å². The van der Waals surface area contributed by atoms with E-state index in [1.807, 2.05) is 19.9 Å². The van der Waals surface area contributed by atoms with Crippen molar-refractivity contribution in [3.05, 3.63) is 23.3 Å². The minimum absolute atomic E-state index is 0.273. The number of rotatable bonds is 3. The van der Waals surface area contributed by atoms with Gasteiger partial charge < -0.3 is 9.47 Å². The second kappa shape index (κ2) is 6.78. The summed E-state index contributed by atoms with van der Waals surface area (Å²) in [6, 6.07) is 1.85. The lowest BCUT2D eigenvalue weighted by molar-refractivity contribution is -0.00862. The maximum Gasteiger partial charge on any atom is 0.282 e. The molecule has 128 valence electrons. The Labute approximate surface area is 136 Å². The number of ether oxygens (including phenoxy) is 2. The quantitative estimate of drug-likeness (QED) is 0.771. The second-order valence-corrected chi connectivity index (χ2v) is 7.65. The van der Waals surface area contributed by atoms with E-state index in [4.69, 9.17) is 9.47 Å². The van der Waals surface area contributed by atoms with Crippen molar-refractivity contribution in [2.24, 2.45) is 0 Å². The molecule has 3 rings (SSSR count). The average Bonchev–Trinajstić information content (AvgIpc) is 2.55. The van der Waals surface area contributed by atoms with Gasteiger partial charge in [-0.2, -0.15) is 17.0 Å². The van der Waals surface area contributed by atoms with Crippen LogP contribution in [0, 0.1) is 13.8 Å². The average molecular weight is 342 g/mol. The van der Waals surface area contributed by atoms with Gasteiger partial charge in [0.05, 0.1) is 25.5 Å². The first kappa shape index (κ1) is 16.7. The number of hydrogen-bond donors (Lipinski definition) is 0. The molecule has 8 nitrogen and oxygen atoms in total. The Morgan fingerprint density at radius 2 is 1.78 bits per heavy atom. The van der Waals surface area contributed by atoms with E-state index in [9.17, 15) is 8.42 Å². The molecule has 0 bridgehead atoms. The summed E-state index contributed by atoms with van der Waals surface area (Å²) in [5.41, 5.74) is 1.58. The molecule has 0 unspecified atom stereocenters. The number of hydrogen-bond acceptors (Lipinski definition) is 6. The van der Waals surface area contributed by atoms with Gasteiger partial charge in [0, 0.05) is 31.9 Å². The largest absolute Gasteiger partial charge is 0.379 e. The molecule has 2 saturated heterocycles. The van der Waals surface area contributed by atoms with Crippen molar-refractivity contribution in [2.75, 3.05) is 46.0 Å². The van der Waals surface area contributed by atoms with E-state index in [1.54, 1.807) is 0 Å². The van der Waals surface area contributed by atoms with Gasteiger partial charge in [0.2, 0.25) is 0 Å². The van der Waals surface area contributed by atoms with Crippen LogP contribution in [0.5, 0.6) is 0 Å². The number of nitrogens with zero attached hydrogens (tertiary/aromatic N) is 4. The lowest BCUT2D eigenvalue weighted by atomic mass is 10.2. The minimum atomic E-state index is -3.48. The molecule has 3 heterocycles. The van der Waals surface area contributed by atoms with Crippen LogP contribution in [0.1, 0.15) is 23.3 Å². The van der Waals surface area contributed by atoms with Gasteiger partial charge in [0.15, 0.2) is 0 Å². The summed E-state index contributed by atoms with van der Waals surface area (Å²) in [4.78, 5) is 8.65. The second-order valence-electron chi connectivity index (χ2n) is 5.72. The first-order valence-corrected chi connectivity index (χ1v) is 9.13. The molecule has 1 atom stereocenters. The Morgan fingerprint density at radius 1 is 1.09 bits per heavy atom. The molecule has 2 fully saturated rings. The van der Waals surface area contributed by atoms with Crippen LogP contribution in [-0.4, -0.2) is 73.0 Å². The molecule has 0 spiro atoms. The molecule has 23 heavy (non-hydrogen) atoms. The normalized spacial score (nSPS) is 24.7. The van der Waals surface area contributed by atoms with Gasteiger partial charge in [-0.15, -0.1) is 0 Å². The zero-order chi connectivity index (χ0) is 16.4. The van der Waals surface area contributed by atoms with Crippen LogP contribution in [0.15, 0.2) is 6.07 Å². The highest BCUT2D eigenvalue weighted by Crippen LogP contribution is 2.24. The molecular formula is C14H22N4O4S. The van der Waals surface area contributed by atoms with Crippen molar-refractivity contribution in [1.82, 2.24) is 18.6 Å². The topological polar surface area (TPSA) is 84.9 Å². The Balaban J connectivity index is 1.77. The summed E-state index contributed by atoms with van der Waals surface area (Å²) in [6.45, 7) is 6.39. The van der Waals surface area contributed by atoms with Gasteiger partial charge in [0.1, 0.15) is 11.9 Å². The zero-order valence-corrected chi connectivity index (χ0v) is 14.3. The lowest BCUT2D eigenvalue weighted by Gasteiger charge is -2.36. The van der Waals surface area contributed by atoms with Crippen molar-refractivity contribution in [2.45, 2.75) is 20.0 Å². The van der Waals surface area contributed by atoms with Crippen molar-refractivity contribution < 1.29 is 17.9 Å². The highest BCUT2D eigenvalue weighted by atomic mass is 32.2. The van der Waals surface area contributed by atoms with Crippen LogP contribution in [0.25, 0.3) is 0 Å². The number of morpholine rings is 2. The number of aryl methyl sites for hydroxylation is 2. The van der Waals surface area contributed by atoms with E-state index in [-0.39, 0.29) is 12.6 Å². The van der Waals surface area contributed by atoms with E-state index in [0.717, 1.165) is 11.4 Å². The molecule has 2 aliphatic rings. The third kappa shape index (κ3) is 3.69. The Bertz CT molecular complexity index is 640. The molecule has 0 aliphatic carbocycles. The van der Waals surface area contributed by atoms with E-state index < -0.39 is 10.2 Å². The van der Waals surface area contributed by atoms with Gasteiger partial charge in [-0.25, -0.2) is 9.97 Å². The zero-order valence-electron chi connectivity index (χ0n) is 13.4. The summed E-state index contributed by atoms with van der Waals surface area (Å²) in [5.74, 6) is 0.664. The summed E-state index contributed by atoms with van der Waals surface area (Å²) in [6.07, 6.45) is -0.361. The van der Waals surface area contributed by atoms with Gasteiger partial charge in [-0.05, 0) is 19.9 Å². The van der Waals surface area contributed by atoms with Crippen LogP contribution >= 0.6 is 0 Å². The van der Waals surface area contributed by atoms with Crippen LogP contribution in [0.2, 0.25) is 0 Å². The molecule has 0 amide bonds. The molecule has 1 aromatic rings. The van der Waals surface area contributed by atoms with E-state index in [2.05, 4.69) is 9.97 Å². The lowest BCUT2D eigenvalue weighted by Crippen LogP contribution is -2.52. The fourth-order valence-electron chi connectivity index (χ4n) is 2.87. The monoisotopic (exact) mass is 342 g/mol. The van der Waals surface area contributed by atoms with Crippen molar-refractivity contribution in [1.29, 1.82) is 0 Å². The smallest absolute Gasteiger partial charge is 0.282 e. The standard InChI is InChI=1S/C14H22N4O4S/c1-11-9-13(16-12(2)15-11)14-10-18(5-8-22-14)23(19,20)17-3-6-21-7-4-17/h9,14H,3-8,10H2,1-2H3/t14-/m1/s1. The van der Waals surface area contributed by atoms with E-state index in [1.165, 1.54) is 8.61 Å². The van der Waals surface area contributed by atoms with Crippen LogP contribution in [-0.2, 0) is 19.7 Å². The Kier molecular flexibility index (Phi) is 4.93. The molecule has 1 aromatic heterocycles. The molecule has 0 radical (unpaired) electrons. The fourth-order valence-corrected chi connectivity index (χ4v) is 4.43. The third-order valence-electron chi connectivity index (χ3n) is 3.97. The van der Waals surface area contributed by atoms with Gasteiger partial charge in [-0.3, -0.25) is 0 Å². The predicted molar refractivity (Wildman–Crippen MR) is 83.1 cm³/mol. The van der Waals surface area contributed by atoms with Crippen LogP contribution in [0.3, 0.4) is 0 Å². The van der Waals surface area contributed by atoms with Crippen molar-refractivity contribution in [3.63, 3.8) is 0 Å². The highest BCUT2D eigenvalue weighted by Gasteiger charge is 2.35. The first-order chi connectivity index (χ1) is 11.0. The highest BCUT2D eigenvalue weighted by molar-refractivity contribution is 7.86. The van der Waals surface area contributed by atoms with Crippen LogP contribution in [0.4, 0.5) is 0 Å². The molecule has 2 aliphatic heterocycles. The van der Waals surface area contributed by atoms with Crippen molar-refractivity contribution in [3.8, 4) is 0 Å². The maximum atomic E-state index is 12.8. The summed E-state index contributed by atoms with van der Waals surface area (Å²) >= 11 is 0. The molecule has 0 aromatic carbocycles. The number of aromatic nitrogens is 2. The van der Waals surface area contributed by atoms with Gasteiger partial charge in [0.25, 0.3) is 10.2 Å². The van der Waals surface area contributed by atoms with E-state index in [0.29, 0.717) is 45.3 Å². The predicted octanol–water partition coefficient (Wildman–Crippen LogP) is 0.0437.